The molecule has 0 spiro atoms. The summed E-state index contributed by atoms with van der Waals surface area (Å²) >= 11 is 0. The number of ether oxygens (including phenoxy) is 2. The summed E-state index contributed by atoms with van der Waals surface area (Å²) in [5.74, 6) is 2.68. The van der Waals surface area contributed by atoms with E-state index in [9.17, 15) is 4.79 Å². The Bertz CT molecular complexity index is 974. The van der Waals surface area contributed by atoms with Gasteiger partial charge >= 0.3 is 0 Å². The number of hydrogen-bond acceptors (Lipinski definition) is 7. The molecule has 3 rings (SSSR count). The van der Waals surface area contributed by atoms with Crippen molar-refractivity contribution in [1.82, 2.24) is 9.97 Å². The Morgan fingerprint density at radius 2 is 1.76 bits per heavy atom. The van der Waals surface area contributed by atoms with Gasteiger partial charge in [-0.05, 0) is 61.4 Å². The third-order valence-corrected chi connectivity index (χ3v) is 4.37. The molecule has 3 aromatic rings. The van der Waals surface area contributed by atoms with Gasteiger partial charge in [0.1, 0.15) is 5.82 Å². The van der Waals surface area contributed by atoms with Crippen LogP contribution in [0.1, 0.15) is 22.8 Å². The minimum Gasteiger partial charge on any atom is -0.493 e. The van der Waals surface area contributed by atoms with E-state index in [0.717, 1.165) is 23.5 Å². The van der Waals surface area contributed by atoms with Crippen LogP contribution in [0.15, 0.2) is 54.7 Å². The van der Waals surface area contributed by atoms with E-state index in [2.05, 4.69) is 20.6 Å². The monoisotopic (exact) mass is 392 g/mol. The Kier molecular flexibility index (Phi) is 6.63. The molecule has 150 valence electrons. The normalized spacial score (nSPS) is 10.3. The number of methoxy groups -OCH3 is 2. The molecule has 1 heterocycles. The number of nitrogens with one attached hydrogen (secondary N) is 2. The van der Waals surface area contributed by atoms with Crippen molar-refractivity contribution in [3.05, 3.63) is 65.9 Å². The van der Waals surface area contributed by atoms with E-state index in [4.69, 9.17) is 9.47 Å². The van der Waals surface area contributed by atoms with Crippen LogP contribution in [-0.4, -0.2) is 36.5 Å². The second-order valence-electron chi connectivity index (χ2n) is 6.39. The van der Waals surface area contributed by atoms with Crippen LogP contribution in [0.5, 0.6) is 11.5 Å². The lowest BCUT2D eigenvalue weighted by molar-refractivity contribution is 0.101. The fraction of sp³-hybridized carbons (Fsp3) is 0.227. The van der Waals surface area contributed by atoms with Gasteiger partial charge in [0.15, 0.2) is 17.3 Å². The predicted molar refractivity (Wildman–Crippen MR) is 114 cm³/mol. The second-order valence-corrected chi connectivity index (χ2v) is 6.39. The van der Waals surface area contributed by atoms with Gasteiger partial charge in [-0.1, -0.05) is 6.07 Å². The van der Waals surface area contributed by atoms with Crippen molar-refractivity contribution in [2.24, 2.45) is 0 Å². The minimum absolute atomic E-state index is 0.0356. The SMILES string of the molecule is COc1ccc(CCNc2ccnc(Nc3ccc(C(C)=O)cc3)n2)cc1OC. The number of anilines is 3. The van der Waals surface area contributed by atoms with Crippen LogP contribution in [0.3, 0.4) is 0 Å². The van der Waals surface area contributed by atoms with Crippen molar-refractivity contribution in [1.29, 1.82) is 0 Å². The van der Waals surface area contributed by atoms with Crippen molar-refractivity contribution in [3.63, 3.8) is 0 Å². The van der Waals surface area contributed by atoms with Crippen LogP contribution in [0.25, 0.3) is 0 Å². The number of hydrogen-bond donors (Lipinski definition) is 2. The first-order chi connectivity index (χ1) is 14.1. The number of ketones is 1. The third-order valence-electron chi connectivity index (χ3n) is 4.37. The van der Waals surface area contributed by atoms with E-state index in [1.54, 1.807) is 39.5 Å². The topological polar surface area (TPSA) is 85.4 Å². The summed E-state index contributed by atoms with van der Waals surface area (Å²) in [4.78, 5) is 20.1. The maximum atomic E-state index is 11.4. The Morgan fingerprint density at radius 1 is 1.00 bits per heavy atom. The molecule has 0 atom stereocenters. The summed E-state index contributed by atoms with van der Waals surface area (Å²) in [7, 11) is 3.25. The number of nitrogens with zero attached hydrogens (tertiary/aromatic N) is 2. The fourth-order valence-electron chi connectivity index (χ4n) is 2.81. The van der Waals surface area contributed by atoms with E-state index in [1.807, 2.05) is 36.4 Å². The standard InChI is InChI=1S/C22H24N4O3/c1-15(27)17-5-7-18(8-6-17)25-22-24-13-11-21(26-22)23-12-10-16-4-9-19(28-2)20(14-16)29-3/h4-9,11,13-14H,10,12H2,1-3H3,(H2,23,24,25,26). The largest absolute Gasteiger partial charge is 0.493 e. The molecule has 0 aliphatic carbocycles. The molecule has 2 N–H and O–H groups in total. The molecule has 0 saturated carbocycles. The highest BCUT2D eigenvalue weighted by Crippen LogP contribution is 2.27. The highest BCUT2D eigenvalue weighted by Gasteiger charge is 2.05. The van der Waals surface area contributed by atoms with E-state index < -0.39 is 0 Å². The molecule has 0 fully saturated rings. The van der Waals surface area contributed by atoms with Crippen molar-refractivity contribution in [2.75, 3.05) is 31.4 Å². The van der Waals surface area contributed by atoms with Crippen LogP contribution >= 0.6 is 0 Å². The molecule has 0 aliphatic heterocycles. The zero-order valence-electron chi connectivity index (χ0n) is 16.7. The molecule has 0 radical (unpaired) electrons. The van der Waals surface area contributed by atoms with Gasteiger partial charge in [0.05, 0.1) is 14.2 Å². The van der Waals surface area contributed by atoms with Gasteiger partial charge in [-0.2, -0.15) is 4.98 Å². The molecular formula is C22H24N4O3. The first-order valence-electron chi connectivity index (χ1n) is 9.25. The number of benzene rings is 2. The van der Waals surface area contributed by atoms with Crippen molar-refractivity contribution < 1.29 is 14.3 Å². The number of rotatable bonds is 9. The number of carbonyl (C=O) groups excluding carboxylic acids is 1. The molecule has 1 aromatic heterocycles. The summed E-state index contributed by atoms with van der Waals surface area (Å²) in [5.41, 5.74) is 2.62. The quantitative estimate of drug-likeness (QED) is 0.530. The Hall–Kier alpha value is -3.61. The van der Waals surface area contributed by atoms with Crippen molar-refractivity contribution in [2.45, 2.75) is 13.3 Å². The first kappa shape index (κ1) is 20.1. The van der Waals surface area contributed by atoms with Gasteiger partial charge in [0, 0.05) is 24.0 Å². The molecule has 0 bridgehead atoms. The van der Waals surface area contributed by atoms with E-state index in [-0.39, 0.29) is 5.78 Å². The minimum atomic E-state index is 0.0356. The summed E-state index contributed by atoms with van der Waals surface area (Å²) in [6, 6.07) is 14.9. The van der Waals surface area contributed by atoms with Gasteiger partial charge < -0.3 is 20.1 Å². The van der Waals surface area contributed by atoms with Gasteiger partial charge in [-0.15, -0.1) is 0 Å². The van der Waals surface area contributed by atoms with Gasteiger partial charge in [0.2, 0.25) is 5.95 Å². The molecule has 7 heteroatoms. The molecular weight excluding hydrogens is 368 g/mol. The lowest BCUT2D eigenvalue weighted by atomic mass is 10.1. The average Bonchev–Trinajstić information content (AvgIpc) is 2.74. The van der Waals surface area contributed by atoms with Crippen LogP contribution in [0, 0.1) is 0 Å². The number of aromatic nitrogens is 2. The Labute approximate surface area is 170 Å². The van der Waals surface area contributed by atoms with Crippen molar-refractivity contribution >= 4 is 23.2 Å². The zero-order chi connectivity index (χ0) is 20.6. The number of Topliss-reactive ketones (excluding diaryl/α,β-unsaturated/α-hetero) is 1. The van der Waals surface area contributed by atoms with E-state index in [0.29, 0.717) is 29.6 Å². The highest BCUT2D eigenvalue weighted by molar-refractivity contribution is 5.94. The summed E-state index contributed by atoms with van der Waals surface area (Å²) in [6.45, 7) is 2.25. The lowest BCUT2D eigenvalue weighted by Gasteiger charge is -2.11. The van der Waals surface area contributed by atoms with Crippen LogP contribution < -0.4 is 20.1 Å². The van der Waals surface area contributed by atoms with Crippen LogP contribution in [-0.2, 0) is 6.42 Å². The van der Waals surface area contributed by atoms with E-state index in [1.165, 1.54) is 0 Å². The zero-order valence-corrected chi connectivity index (χ0v) is 16.7. The molecule has 29 heavy (non-hydrogen) atoms. The first-order valence-corrected chi connectivity index (χ1v) is 9.25. The molecule has 2 aromatic carbocycles. The Balaban J connectivity index is 1.58. The Morgan fingerprint density at radius 3 is 2.45 bits per heavy atom. The molecule has 0 saturated heterocycles. The average molecular weight is 392 g/mol. The molecule has 0 aliphatic rings. The summed E-state index contributed by atoms with van der Waals surface area (Å²) in [5, 5.41) is 6.44. The molecule has 0 unspecified atom stereocenters. The predicted octanol–water partition coefficient (Wildman–Crippen LogP) is 4.09. The van der Waals surface area contributed by atoms with Gasteiger partial charge in [-0.25, -0.2) is 4.98 Å². The smallest absolute Gasteiger partial charge is 0.229 e. The van der Waals surface area contributed by atoms with Crippen molar-refractivity contribution in [3.8, 4) is 11.5 Å². The maximum absolute atomic E-state index is 11.4. The van der Waals surface area contributed by atoms with Crippen LogP contribution in [0.4, 0.5) is 17.5 Å². The number of carbonyl (C=O) groups is 1. The highest BCUT2D eigenvalue weighted by atomic mass is 16.5. The van der Waals surface area contributed by atoms with Gasteiger partial charge in [0.25, 0.3) is 0 Å². The molecule has 7 nitrogen and oxygen atoms in total. The van der Waals surface area contributed by atoms with Gasteiger partial charge in [-0.3, -0.25) is 4.79 Å². The fourth-order valence-corrected chi connectivity index (χ4v) is 2.81. The molecule has 0 amide bonds. The second kappa shape index (κ2) is 9.54. The van der Waals surface area contributed by atoms with E-state index >= 15 is 0 Å². The van der Waals surface area contributed by atoms with Crippen LogP contribution in [0.2, 0.25) is 0 Å². The third kappa shape index (κ3) is 5.44. The maximum Gasteiger partial charge on any atom is 0.229 e. The summed E-state index contributed by atoms with van der Waals surface area (Å²) < 4.78 is 10.6. The summed E-state index contributed by atoms with van der Waals surface area (Å²) in [6.07, 6.45) is 2.50. The lowest BCUT2D eigenvalue weighted by Crippen LogP contribution is -2.08.